The van der Waals surface area contributed by atoms with Crippen LogP contribution in [0.15, 0.2) is 12.3 Å². The molecule has 0 amide bonds. The lowest BCUT2D eigenvalue weighted by Crippen LogP contribution is -2.29. The first-order valence-corrected chi connectivity index (χ1v) is 7.08. The molecule has 1 aromatic rings. The number of nitrogens with one attached hydrogen (secondary N) is 1. The molecule has 0 spiro atoms. The number of piperidine rings is 1. The Kier molecular flexibility index (Phi) is 3.57. The Morgan fingerprint density at radius 2 is 2.11 bits per heavy atom. The highest BCUT2D eigenvalue weighted by Crippen LogP contribution is 2.27. The summed E-state index contributed by atoms with van der Waals surface area (Å²) in [6.45, 7) is 3.48. The van der Waals surface area contributed by atoms with Gasteiger partial charge >= 0.3 is 0 Å². The van der Waals surface area contributed by atoms with Crippen molar-refractivity contribution < 1.29 is 0 Å². The molecule has 0 saturated carbocycles. The molecule has 2 saturated heterocycles. The molecule has 1 aromatic heterocycles. The van der Waals surface area contributed by atoms with Crippen molar-refractivity contribution in [2.24, 2.45) is 0 Å². The van der Waals surface area contributed by atoms with Gasteiger partial charge in [0.15, 0.2) is 0 Å². The number of aromatic nitrogens is 2. The monoisotopic (exact) mass is 246 g/mol. The highest BCUT2D eigenvalue weighted by Gasteiger charge is 2.23. The molecule has 4 nitrogen and oxygen atoms in total. The van der Waals surface area contributed by atoms with Gasteiger partial charge in [0.25, 0.3) is 0 Å². The first-order chi connectivity index (χ1) is 8.83. The number of rotatable bonds is 2. The van der Waals surface area contributed by atoms with E-state index in [0.717, 1.165) is 12.4 Å². The molecule has 2 aliphatic rings. The Bertz CT molecular complexity index is 393. The van der Waals surface area contributed by atoms with Crippen molar-refractivity contribution in [1.29, 1.82) is 0 Å². The van der Waals surface area contributed by atoms with Crippen LogP contribution in [-0.2, 0) is 0 Å². The van der Waals surface area contributed by atoms with Gasteiger partial charge in [-0.3, -0.25) is 0 Å². The molecule has 1 atom stereocenters. The largest absolute Gasteiger partial charge is 0.307 e. The van der Waals surface area contributed by atoms with Crippen LogP contribution in [0.2, 0.25) is 0 Å². The van der Waals surface area contributed by atoms with Crippen LogP contribution in [0, 0.1) is 0 Å². The molecule has 2 aliphatic heterocycles. The molecule has 0 aliphatic carbocycles. The maximum Gasteiger partial charge on any atom is 0.145 e. The van der Waals surface area contributed by atoms with Gasteiger partial charge in [-0.25, -0.2) is 9.97 Å². The van der Waals surface area contributed by atoms with Crippen molar-refractivity contribution in [2.75, 3.05) is 26.7 Å². The zero-order valence-electron chi connectivity index (χ0n) is 11.1. The van der Waals surface area contributed by atoms with E-state index >= 15 is 0 Å². The summed E-state index contributed by atoms with van der Waals surface area (Å²) in [6.07, 6.45) is 6.81. The van der Waals surface area contributed by atoms with E-state index in [2.05, 4.69) is 28.3 Å². The average molecular weight is 246 g/mol. The van der Waals surface area contributed by atoms with Crippen molar-refractivity contribution in [2.45, 2.75) is 37.6 Å². The fourth-order valence-corrected chi connectivity index (χ4v) is 2.99. The predicted octanol–water partition coefficient (Wildman–Crippen LogP) is 1.71. The predicted molar refractivity (Wildman–Crippen MR) is 71.5 cm³/mol. The van der Waals surface area contributed by atoms with Gasteiger partial charge < -0.3 is 10.2 Å². The van der Waals surface area contributed by atoms with Crippen LogP contribution in [0.3, 0.4) is 0 Å². The standard InChI is InChI=1S/C14H22N4/c1-18-9-5-11(6-10-18)12-4-8-16-14(17-12)13-3-2-7-15-13/h4,8,11,13,15H,2-3,5-7,9-10H2,1H3. The van der Waals surface area contributed by atoms with Gasteiger partial charge in [-0.1, -0.05) is 0 Å². The summed E-state index contributed by atoms with van der Waals surface area (Å²) in [5, 5.41) is 3.48. The van der Waals surface area contributed by atoms with Gasteiger partial charge in [0.1, 0.15) is 5.82 Å². The summed E-state index contributed by atoms with van der Waals surface area (Å²) in [7, 11) is 2.20. The van der Waals surface area contributed by atoms with Crippen LogP contribution in [-0.4, -0.2) is 41.5 Å². The Balaban J connectivity index is 1.74. The zero-order valence-corrected chi connectivity index (χ0v) is 11.1. The molecular weight excluding hydrogens is 224 g/mol. The van der Waals surface area contributed by atoms with Crippen LogP contribution >= 0.6 is 0 Å². The van der Waals surface area contributed by atoms with E-state index in [1.165, 1.54) is 44.5 Å². The van der Waals surface area contributed by atoms with Gasteiger partial charge in [0.05, 0.1) is 6.04 Å². The lowest BCUT2D eigenvalue weighted by atomic mass is 9.93. The Hall–Kier alpha value is -1.00. The number of likely N-dealkylation sites (tertiary alicyclic amines) is 1. The molecular formula is C14H22N4. The fourth-order valence-electron chi connectivity index (χ4n) is 2.99. The van der Waals surface area contributed by atoms with Crippen LogP contribution in [0.25, 0.3) is 0 Å². The van der Waals surface area contributed by atoms with Crippen LogP contribution in [0.1, 0.15) is 49.2 Å². The maximum atomic E-state index is 4.81. The number of nitrogens with zero attached hydrogens (tertiary/aromatic N) is 3. The average Bonchev–Trinajstić information content (AvgIpc) is 2.94. The van der Waals surface area contributed by atoms with Crippen molar-refractivity contribution in [3.8, 4) is 0 Å². The first-order valence-electron chi connectivity index (χ1n) is 7.08. The molecule has 0 bridgehead atoms. The smallest absolute Gasteiger partial charge is 0.145 e. The normalized spacial score (nSPS) is 26.6. The summed E-state index contributed by atoms with van der Waals surface area (Å²) in [6, 6.07) is 2.49. The quantitative estimate of drug-likeness (QED) is 0.862. The molecule has 18 heavy (non-hydrogen) atoms. The van der Waals surface area contributed by atoms with Gasteiger partial charge in [-0.05, 0) is 58.4 Å². The van der Waals surface area contributed by atoms with E-state index in [1.807, 2.05) is 6.20 Å². The molecule has 98 valence electrons. The molecule has 0 radical (unpaired) electrons. The second-order valence-corrected chi connectivity index (χ2v) is 5.57. The summed E-state index contributed by atoms with van der Waals surface area (Å²) >= 11 is 0. The lowest BCUT2D eigenvalue weighted by Gasteiger charge is -2.28. The second kappa shape index (κ2) is 5.33. The Morgan fingerprint density at radius 3 is 2.83 bits per heavy atom. The van der Waals surface area contributed by atoms with E-state index in [0.29, 0.717) is 12.0 Å². The van der Waals surface area contributed by atoms with Crippen LogP contribution in [0.5, 0.6) is 0 Å². The van der Waals surface area contributed by atoms with Crippen molar-refractivity contribution in [3.63, 3.8) is 0 Å². The Morgan fingerprint density at radius 1 is 1.28 bits per heavy atom. The summed E-state index contributed by atoms with van der Waals surface area (Å²) in [4.78, 5) is 11.7. The third kappa shape index (κ3) is 2.54. The highest BCUT2D eigenvalue weighted by molar-refractivity contribution is 5.12. The molecule has 4 heteroatoms. The summed E-state index contributed by atoms with van der Waals surface area (Å²) < 4.78 is 0. The van der Waals surface area contributed by atoms with Gasteiger partial charge in [0.2, 0.25) is 0 Å². The molecule has 1 unspecified atom stereocenters. The van der Waals surface area contributed by atoms with E-state index in [4.69, 9.17) is 4.98 Å². The minimum Gasteiger partial charge on any atom is -0.307 e. The SMILES string of the molecule is CN1CCC(c2ccnc(C3CCCN3)n2)CC1. The number of hydrogen-bond acceptors (Lipinski definition) is 4. The third-order valence-electron chi connectivity index (χ3n) is 4.20. The molecule has 3 heterocycles. The number of hydrogen-bond donors (Lipinski definition) is 1. The molecule has 2 fully saturated rings. The molecule has 3 rings (SSSR count). The minimum atomic E-state index is 0.385. The van der Waals surface area contributed by atoms with Gasteiger partial charge in [-0.15, -0.1) is 0 Å². The molecule has 1 N–H and O–H groups in total. The van der Waals surface area contributed by atoms with Crippen LogP contribution < -0.4 is 5.32 Å². The van der Waals surface area contributed by atoms with Gasteiger partial charge in [0, 0.05) is 17.8 Å². The fraction of sp³-hybridized carbons (Fsp3) is 0.714. The lowest BCUT2D eigenvalue weighted by molar-refractivity contribution is 0.253. The summed E-state index contributed by atoms with van der Waals surface area (Å²) in [5.74, 6) is 1.63. The third-order valence-corrected chi connectivity index (χ3v) is 4.20. The van der Waals surface area contributed by atoms with E-state index in [1.54, 1.807) is 0 Å². The maximum absolute atomic E-state index is 4.81. The summed E-state index contributed by atoms with van der Waals surface area (Å²) in [5.41, 5.74) is 1.25. The van der Waals surface area contributed by atoms with E-state index < -0.39 is 0 Å². The van der Waals surface area contributed by atoms with E-state index in [-0.39, 0.29) is 0 Å². The van der Waals surface area contributed by atoms with Crippen molar-refractivity contribution in [1.82, 2.24) is 20.2 Å². The Labute approximate surface area is 109 Å². The minimum absolute atomic E-state index is 0.385. The molecule has 0 aromatic carbocycles. The second-order valence-electron chi connectivity index (χ2n) is 5.57. The highest BCUT2D eigenvalue weighted by atomic mass is 15.1. The topological polar surface area (TPSA) is 41.1 Å². The van der Waals surface area contributed by atoms with Gasteiger partial charge in [-0.2, -0.15) is 0 Å². The van der Waals surface area contributed by atoms with Crippen molar-refractivity contribution >= 4 is 0 Å². The first kappa shape index (κ1) is 12.1. The zero-order chi connectivity index (χ0) is 12.4. The van der Waals surface area contributed by atoms with Crippen molar-refractivity contribution in [3.05, 3.63) is 23.8 Å². The van der Waals surface area contributed by atoms with Crippen LogP contribution in [0.4, 0.5) is 0 Å². The van der Waals surface area contributed by atoms with E-state index in [9.17, 15) is 0 Å².